The van der Waals surface area contributed by atoms with Gasteiger partial charge in [0.05, 0.1) is 5.56 Å². The lowest BCUT2D eigenvalue weighted by atomic mass is 9.88. The predicted molar refractivity (Wildman–Crippen MR) is 102 cm³/mol. The van der Waals surface area contributed by atoms with Crippen LogP contribution in [0.3, 0.4) is 0 Å². The van der Waals surface area contributed by atoms with E-state index in [1.165, 1.54) is 11.6 Å². The van der Waals surface area contributed by atoms with Crippen molar-refractivity contribution in [2.45, 2.75) is 72.4 Å². The Morgan fingerprint density at radius 3 is 2.48 bits per heavy atom. The normalized spacial score (nSPS) is 13.8. The Morgan fingerprint density at radius 2 is 1.92 bits per heavy atom. The SMILES string of the molecule is C=C(CCCC(CCC)C/C(C)=C/C)c1ccc(C)cc1C(F)(F)F. The molecular weight excluding hydrogens is 321 g/mol. The van der Waals surface area contributed by atoms with Crippen molar-refractivity contribution in [2.75, 3.05) is 0 Å². The number of halogens is 3. The average Bonchev–Trinajstić information content (AvgIpc) is 2.53. The molecule has 1 aromatic rings. The molecule has 1 unspecified atom stereocenters. The van der Waals surface area contributed by atoms with E-state index in [2.05, 4.69) is 33.4 Å². The number of hydrogen-bond donors (Lipinski definition) is 0. The second-order valence-electron chi connectivity index (χ2n) is 7.04. The van der Waals surface area contributed by atoms with Gasteiger partial charge in [-0.3, -0.25) is 0 Å². The second kappa shape index (κ2) is 9.84. The van der Waals surface area contributed by atoms with Crippen LogP contribution in [0.15, 0.2) is 36.4 Å². The Kier molecular flexibility index (Phi) is 8.47. The molecule has 0 aliphatic rings. The Labute approximate surface area is 150 Å². The van der Waals surface area contributed by atoms with E-state index in [1.54, 1.807) is 19.1 Å². The maximum absolute atomic E-state index is 13.3. The molecule has 25 heavy (non-hydrogen) atoms. The molecule has 0 radical (unpaired) electrons. The largest absolute Gasteiger partial charge is 0.417 e. The molecule has 0 aliphatic heterocycles. The van der Waals surface area contributed by atoms with Crippen LogP contribution in [0.4, 0.5) is 13.2 Å². The van der Waals surface area contributed by atoms with Crippen molar-refractivity contribution in [3.05, 3.63) is 53.1 Å². The summed E-state index contributed by atoms with van der Waals surface area (Å²) in [6.07, 6.45) is 3.71. The Balaban J connectivity index is 2.74. The summed E-state index contributed by atoms with van der Waals surface area (Å²) in [6.45, 7) is 12.0. The van der Waals surface area contributed by atoms with E-state index in [9.17, 15) is 13.2 Å². The number of aryl methyl sites for hydroxylation is 1. The molecular formula is C22H31F3. The van der Waals surface area contributed by atoms with Crippen LogP contribution in [0.25, 0.3) is 5.57 Å². The molecule has 0 amide bonds. The van der Waals surface area contributed by atoms with Crippen molar-refractivity contribution in [1.29, 1.82) is 0 Å². The fraction of sp³-hybridized carbons (Fsp3) is 0.545. The van der Waals surface area contributed by atoms with Crippen molar-refractivity contribution in [2.24, 2.45) is 5.92 Å². The third-order valence-electron chi connectivity index (χ3n) is 4.75. The van der Waals surface area contributed by atoms with Gasteiger partial charge in [0.15, 0.2) is 0 Å². The molecule has 0 bridgehead atoms. The fourth-order valence-corrected chi connectivity index (χ4v) is 3.27. The van der Waals surface area contributed by atoms with Gasteiger partial charge in [-0.25, -0.2) is 0 Å². The van der Waals surface area contributed by atoms with E-state index in [-0.39, 0.29) is 5.56 Å². The standard InChI is InChI=1S/C22H31F3/c1-6-9-19(14-16(3)7-2)11-8-10-18(5)20-13-12-17(4)15-21(20)22(23,24)25/h7,12-13,15,19H,5-6,8-11,14H2,1-4H3/b16-7+. The highest BCUT2D eigenvalue weighted by atomic mass is 19.4. The molecule has 0 heterocycles. The zero-order valence-electron chi connectivity index (χ0n) is 16.0. The summed E-state index contributed by atoms with van der Waals surface area (Å²) in [5.74, 6) is 0.606. The maximum atomic E-state index is 13.3. The Morgan fingerprint density at radius 1 is 1.24 bits per heavy atom. The van der Waals surface area contributed by atoms with E-state index in [1.807, 2.05) is 0 Å². The van der Waals surface area contributed by atoms with Crippen LogP contribution in [0.2, 0.25) is 0 Å². The van der Waals surface area contributed by atoms with Crippen molar-refractivity contribution in [3.8, 4) is 0 Å². The minimum absolute atomic E-state index is 0.245. The fourth-order valence-electron chi connectivity index (χ4n) is 3.27. The van der Waals surface area contributed by atoms with E-state index < -0.39 is 11.7 Å². The van der Waals surface area contributed by atoms with Crippen molar-refractivity contribution in [1.82, 2.24) is 0 Å². The van der Waals surface area contributed by atoms with Gasteiger partial charge in [0.25, 0.3) is 0 Å². The summed E-state index contributed by atoms with van der Waals surface area (Å²) in [5.41, 5.74) is 2.27. The second-order valence-corrected chi connectivity index (χ2v) is 7.04. The summed E-state index contributed by atoms with van der Waals surface area (Å²) >= 11 is 0. The summed E-state index contributed by atoms with van der Waals surface area (Å²) in [5, 5.41) is 0. The highest BCUT2D eigenvalue weighted by molar-refractivity contribution is 5.67. The van der Waals surface area contributed by atoms with E-state index >= 15 is 0 Å². The van der Waals surface area contributed by atoms with Crippen LogP contribution in [-0.4, -0.2) is 0 Å². The summed E-state index contributed by atoms with van der Waals surface area (Å²) in [6, 6.07) is 4.51. The van der Waals surface area contributed by atoms with Gasteiger partial charge in [-0.1, -0.05) is 55.7 Å². The first-order valence-corrected chi connectivity index (χ1v) is 9.16. The zero-order chi connectivity index (χ0) is 19.0. The Hall–Kier alpha value is -1.51. The van der Waals surface area contributed by atoms with Crippen LogP contribution >= 0.6 is 0 Å². The van der Waals surface area contributed by atoms with Crippen LogP contribution in [0, 0.1) is 12.8 Å². The molecule has 0 saturated heterocycles. The molecule has 1 rings (SSSR count). The molecule has 1 aromatic carbocycles. The Bertz CT molecular complexity index is 594. The molecule has 1 atom stereocenters. The van der Waals surface area contributed by atoms with Crippen molar-refractivity contribution < 1.29 is 13.2 Å². The summed E-state index contributed by atoms with van der Waals surface area (Å²) in [7, 11) is 0. The summed E-state index contributed by atoms with van der Waals surface area (Å²) < 4.78 is 39.8. The highest BCUT2D eigenvalue weighted by Gasteiger charge is 2.33. The lowest BCUT2D eigenvalue weighted by Crippen LogP contribution is -2.09. The van der Waals surface area contributed by atoms with Gasteiger partial charge in [-0.05, 0) is 69.6 Å². The van der Waals surface area contributed by atoms with E-state index in [4.69, 9.17) is 0 Å². The zero-order valence-corrected chi connectivity index (χ0v) is 16.0. The number of alkyl halides is 3. The third kappa shape index (κ3) is 7.09. The minimum atomic E-state index is -4.34. The monoisotopic (exact) mass is 352 g/mol. The van der Waals surface area contributed by atoms with Gasteiger partial charge in [0, 0.05) is 0 Å². The van der Waals surface area contributed by atoms with Crippen LogP contribution in [0.1, 0.15) is 76.0 Å². The molecule has 0 nitrogen and oxygen atoms in total. The summed E-state index contributed by atoms with van der Waals surface area (Å²) in [4.78, 5) is 0. The van der Waals surface area contributed by atoms with Gasteiger partial charge >= 0.3 is 6.18 Å². The quantitative estimate of drug-likeness (QED) is 0.395. The molecule has 0 spiro atoms. The molecule has 0 fully saturated rings. The number of benzene rings is 1. The molecule has 3 heteroatoms. The van der Waals surface area contributed by atoms with Gasteiger partial charge in [-0.15, -0.1) is 0 Å². The molecule has 0 aromatic heterocycles. The van der Waals surface area contributed by atoms with Crippen molar-refractivity contribution >= 4 is 5.57 Å². The van der Waals surface area contributed by atoms with Gasteiger partial charge < -0.3 is 0 Å². The molecule has 0 saturated carbocycles. The van der Waals surface area contributed by atoms with Crippen LogP contribution < -0.4 is 0 Å². The number of allylic oxidation sites excluding steroid dienone is 3. The topological polar surface area (TPSA) is 0 Å². The smallest absolute Gasteiger partial charge is 0.166 e. The van der Waals surface area contributed by atoms with Crippen LogP contribution in [0.5, 0.6) is 0 Å². The lowest BCUT2D eigenvalue weighted by molar-refractivity contribution is -0.137. The van der Waals surface area contributed by atoms with Gasteiger partial charge in [-0.2, -0.15) is 13.2 Å². The van der Waals surface area contributed by atoms with Crippen molar-refractivity contribution in [3.63, 3.8) is 0 Å². The first-order valence-electron chi connectivity index (χ1n) is 9.16. The predicted octanol–water partition coefficient (Wildman–Crippen LogP) is 7.97. The lowest BCUT2D eigenvalue weighted by Gasteiger charge is -2.18. The van der Waals surface area contributed by atoms with E-state index in [0.717, 1.165) is 32.1 Å². The van der Waals surface area contributed by atoms with Crippen LogP contribution in [-0.2, 0) is 6.18 Å². The average molecular weight is 352 g/mol. The first kappa shape index (κ1) is 21.5. The highest BCUT2D eigenvalue weighted by Crippen LogP contribution is 2.37. The van der Waals surface area contributed by atoms with Gasteiger partial charge in [0.1, 0.15) is 0 Å². The van der Waals surface area contributed by atoms with E-state index in [0.29, 0.717) is 23.5 Å². The molecule has 0 N–H and O–H groups in total. The minimum Gasteiger partial charge on any atom is -0.166 e. The van der Waals surface area contributed by atoms with Gasteiger partial charge in [0.2, 0.25) is 0 Å². The third-order valence-corrected chi connectivity index (χ3v) is 4.75. The maximum Gasteiger partial charge on any atom is 0.417 e. The molecule has 140 valence electrons. The number of rotatable bonds is 9. The first-order chi connectivity index (χ1) is 11.7. The molecule has 0 aliphatic carbocycles. The number of hydrogen-bond acceptors (Lipinski definition) is 0.